The van der Waals surface area contributed by atoms with Crippen LogP contribution in [-0.4, -0.2) is 21.0 Å². The van der Waals surface area contributed by atoms with Crippen molar-refractivity contribution in [1.82, 2.24) is 4.98 Å². The third-order valence-electron chi connectivity index (χ3n) is 2.27. The molecule has 20 heavy (non-hydrogen) atoms. The largest absolute Gasteiger partial charge is 0.477 e. The first-order chi connectivity index (χ1) is 9.47. The third-order valence-corrected chi connectivity index (χ3v) is 3.49. The van der Waals surface area contributed by atoms with Crippen molar-refractivity contribution in [1.29, 1.82) is 0 Å². The summed E-state index contributed by atoms with van der Waals surface area (Å²) in [6.07, 6.45) is 0. The van der Waals surface area contributed by atoms with Gasteiger partial charge in [-0.15, -0.1) is 0 Å². The number of carboxylic acid groups (broad SMARTS) is 1. The monoisotopic (exact) mass is 310 g/mol. The standard InChI is InChI=1S/C12H7ClN2O4S/c13-7-2-1-3-8(6-7)20-11-10(15(18)19)5-4-9(14-11)12(16)17/h1-6H,(H,16,17). The lowest BCUT2D eigenvalue weighted by atomic mass is 10.3. The van der Waals surface area contributed by atoms with E-state index in [2.05, 4.69) is 4.98 Å². The molecule has 2 aromatic rings. The molecule has 0 saturated carbocycles. The Morgan fingerprint density at radius 2 is 2.10 bits per heavy atom. The van der Waals surface area contributed by atoms with E-state index in [1.807, 2.05) is 0 Å². The van der Waals surface area contributed by atoms with Crippen LogP contribution in [0.1, 0.15) is 10.5 Å². The minimum atomic E-state index is -1.24. The van der Waals surface area contributed by atoms with Crippen LogP contribution in [0.3, 0.4) is 0 Å². The molecule has 1 aromatic heterocycles. The Balaban J connectivity index is 2.44. The van der Waals surface area contributed by atoms with Gasteiger partial charge in [0.15, 0.2) is 5.03 Å². The molecule has 0 radical (unpaired) electrons. The Labute approximate surface area is 122 Å². The number of halogens is 1. The lowest BCUT2D eigenvalue weighted by Crippen LogP contribution is -2.03. The first kappa shape index (κ1) is 14.3. The summed E-state index contributed by atoms with van der Waals surface area (Å²) in [6, 6.07) is 8.91. The van der Waals surface area contributed by atoms with E-state index in [-0.39, 0.29) is 16.4 Å². The number of rotatable bonds is 4. The summed E-state index contributed by atoms with van der Waals surface area (Å²) in [5.74, 6) is -1.24. The summed E-state index contributed by atoms with van der Waals surface area (Å²) >= 11 is 6.82. The second-order valence-electron chi connectivity index (χ2n) is 3.64. The molecule has 0 bridgehead atoms. The highest BCUT2D eigenvalue weighted by molar-refractivity contribution is 7.99. The van der Waals surface area contributed by atoms with Crippen molar-refractivity contribution >= 4 is 35.0 Å². The van der Waals surface area contributed by atoms with Crippen LogP contribution in [0.25, 0.3) is 0 Å². The Bertz CT molecular complexity index is 693. The molecule has 0 fully saturated rings. The minimum absolute atomic E-state index is 0.0113. The van der Waals surface area contributed by atoms with Crippen LogP contribution in [0.15, 0.2) is 46.3 Å². The number of benzene rings is 1. The van der Waals surface area contributed by atoms with Gasteiger partial charge in [-0.1, -0.05) is 29.4 Å². The van der Waals surface area contributed by atoms with Gasteiger partial charge in [0, 0.05) is 16.0 Å². The normalized spacial score (nSPS) is 10.2. The quantitative estimate of drug-likeness (QED) is 0.686. The molecular weight excluding hydrogens is 304 g/mol. The van der Waals surface area contributed by atoms with Gasteiger partial charge >= 0.3 is 11.7 Å². The highest BCUT2D eigenvalue weighted by atomic mass is 35.5. The molecule has 0 amide bonds. The molecule has 2 rings (SSSR count). The molecule has 0 aliphatic carbocycles. The van der Waals surface area contributed by atoms with Gasteiger partial charge in [-0.3, -0.25) is 10.1 Å². The van der Waals surface area contributed by atoms with Crippen molar-refractivity contribution in [3.05, 3.63) is 57.2 Å². The van der Waals surface area contributed by atoms with E-state index in [0.717, 1.165) is 23.9 Å². The van der Waals surface area contributed by atoms with Crippen LogP contribution in [0.5, 0.6) is 0 Å². The van der Waals surface area contributed by atoms with Gasteiger partial charge < -0.3 is 5.11 Å². The maximum absolute atomic E-state index is 10.9. The van der Waals surface area contributed by atoms with Crippen molar-refractivity contribution in [3.8, 4) is 0 Å². The van der Waals surface area contributed by atoms with Gasteiger partial charge in [0.05, 0.1) is 4.92 Å². The second kappa shape index (κ2) is 5.89. The lowest BCUT2D eigenvalue weighted by molar-refractivity contribution is -0.388. The first-order valence-electron chi connectivity index (χ1n) is 5.29. The summed E-state index contributed by atoms with van der Waals surface area (Å²) in [6.45, 7) is 0. The molecule has 8 heteroatoms. The molecule has 0 aliphatic heterocycles. The van der Waals surface area contributed by atoms with Gasteiger partial charge in [0.1, 0.15) is 5.69 Å². The molecule has 0 atom stereocenters. The van der Waals surface area contributed by atoms with E-state index in [4.69, 9.17) is 16.7 Å². The third kappa shape index (κ3) is 3.25. The number of aromatic nitrogens is 1. The molecule has 0 spiro atoms. The SMILES string of the molecule is O=C(O)c1ccc([N+](=O)[O-])c(Sc2cccc(Cl)c2)n1. The Morgan fingerprint density at radius 3 is 2.70 bits per heavy atom. The zero-order chi connectivity index (χ0) is 14.7. The zero-order valence-electron chi connectivity index (χ0n) is 9.82. The van der Waals surface area contributed by atoms with E-state index in [1.54, 1.807) is 24.3 Å². The fraction of sp³-hybridized carbons (Fsp3) is 0. The Hall–Kier alpha value is -2.12. The summed E-state index contributed by atoms with van der Waals surface area (Å²) in [5.41, 5.74) is -0.500. The number of carbonyl (C=O) groups is 1. The number of hydrogen-bond acceptors (Lipinski definition) is 5. The number of aromatic carboxylic acids is 1. The molecule has 1 aromatic carbocycles. The Morgan fingerprint density at radius 1 is 1.35 bits per heavy atom. The highest BCUT2D eigenvalue weighted by Gasteiger charge is 2.19. The number of carboxylic acids is 1. The van der Waals surface area contributed by atoms with Gasteiger partial charge in [-0.25, -0.2) is 9.78 Å². The van der Waals surface area contributed by atoms with E-state index in [1.165, 1.54) is 0 Å². The van der Waals surface area contributed by atoms with E-state index in [0.29, 0.717) is 9.92 Å². The maximum Gasteiger partial charge on any atom is 0.354 e. The lowest BCUT2D eigenvalue weighted by Gasteiger charge is -2.03. The van der Waals surface area contributed by atoms with Crippen LogP contribution < -0.4 is 0 Å². The van der Waals surface area contributed by atoms with Gasteiger partial charge in [0.2, 0.25) is 0 Å². The van der Waals surface area contributed by atoms with Crippen LogP contribution in [-0.2, 0) is 0 Å². The van der Waals surface area contributed by atoms with Crippen LogP contribution in [0, 0.1) is 10.1 Å². The summed E-state index contributed by atoms with van der Waals surface area (Å²) in [5, 5.41) is 20.3. The van der Waals surface area contributed by atoms with Crippen molar-refractivity contribution in [2.75, 3.05) is 0 Å². The fourth-order valence-electron chi connectivity index (χ4n) is 1.41. The van der Waals surface area contributed by atoms with E-state index in [9.17, 15) is 14.9 Å². The van der Waals surface area contributed by atoms with E-state index >= 15 is 0 Å². The maximum atomic E-state index is 10.9. The predicted molar refractivity (Wildman–Crippen MR) is 73.4 cm³/mol. The average molecular weight is 311 g/mol. The smallest absolute Gasteiger partial charge is 0.354 e. The van der Waals surface area contributed by atoms with Gasteiger partial charge in [-0.2, -0.15) is 0 Å². The zero-order valence-corrected chi connectivity index (χ0v) is 11.4. The fourth-order valence-corrected chi connectivity index (χ4v) is 2.61. The van der Waals surface area contributed by atoms with Crippen molar-refractivity contribution in [2.45, 2.75) is 9.92 Å². The molecular formula is C12H7ClN2O4S. The van der Waals surface area contributed by atoms with Crippen LogP contribution in [0.4, 0.5) is 5.69 Å². The molecule has 0 saturated heterocycles. The minimum Gasteiger partial charge on any atom is -0.477 e. The number of hydrogen-bond donors (Lipinski definition) is 1. The highest BCUT2D eigenvalue weighted by Crippen LogP contribution is 2.34. The topological polar surface area (TPSA) is 93.3 Å². The number of pyridine rings is 1. The molecule has 1 N–H and O–H groups in total. The average Bonchev–Trinajstić information content (AvgIpc) is 2.38. The molecule has 0 unspecified atom stereocenters. The Kier molecular flexibility index (Phi) is 4.21. The summed E-state index contributed by atoms with van der Waals surface area (Å²) in [7, 11) is 0. The summed E-state index contributed by atoms with van der Waals surface area (Å²) < 4.78 is 0. The molecule has 1 heterocycles. The van der Waals surface area contributed by atoms with Crippen molar-refractivity contribution in [3.63, 3.8) is 0 Å². The number of nitro groups is 1. The van der Waals surface area contributed by atoms with Crippen molar-refractivity contribution < 1.29 is 14.8 Å². The van der Waals surface area contributed by atoms with Crippen molar-refractivity contribution in [2.24, 2.45) is 0 Å². The van der Waals surface area contributed by atoms with Crippen LogP contribution >= 0.6 is 23.4 Å². The first-order valence-corrected chi connectivity index (χ1v) is 6.49. The predicted octanol–water partition coefficient (Wildman–Crippen LogP) is 3.49. The van der Waals surface area contributed by atoms with Gasteiger partial charge in [-0.05, 0) is 24.3 Å². The molecule has 6 nitrogen and oxygen atoms in total. The van der Waals surface area contributed by atoms with E-state index < -0.39 is 10.9 Å². The second-order valence-corrected chi connectivity index (χ2v) is 5.14. The number of nitrogens with zero attached hydrogens (tertiary/aromatic N) is 2. The molecule has 102 valence electrons. The molecule has 0 aliphatic rings. The summed E-state index contributed by atoms with van der Waals surface area (Å²) in [4.78, 5) is 25.6. The van der Waals surface area contributed by atoms with Crippen LogP contribution in [0.2, 0.25) is 5.02 Å². The van der Waals surface area contributed by atoms with Gasteiger partial charge in [0.25, 0.3) is 0 Å².